The molecule has 2 unspecified atom stereocenters. The van der Waals surface area contributed by atoms with Crippen LogP contribution in [0, 0.1) is 5.82 Å². The molecule has 27 heavy (non-hydrogen) atoms. The van der Waals surface area contributed by atoms with E-state index < -0.39 is 20.9 Å². The first-order chi connectivity index (χ1) is 12.9. The molecule has 0 spiro atoms. The second kappa shape index (κ2) is 8.14. The van der Waals surface area contributed by atoms with Crippen molar-refractivity contribution in [3.8, 4) is 0 Å². The van der Waals surface area contributed by atoms with Crippen LogP contribution in [0.3, 0.4) is 0 Å². The molecule has 1 saturated heterocycles. The van der Waals surface area contributed by atoms with Gasteiger partial charge in [0.15, 0.2) is 9.84 Å². The summed E-state index contributed by atoms with van der Waals surface area (Å²) in [5.74, 6) is -0.721. The van der Waals surface area contributed by atoms with Gasteiger partial charge in [0, 0.05) is 38.4 Å². The number of benzene rings is 1. The van der Waals surface area contributed by atoms with Crippen LogP contribution in [-0.2, 0) is 14.6 Å². The smallest absolute Gasteiger partial charge is 0.224 e. The van der Waals surface area contributed by atoms with Crippen molar-refractivity contribution in [3.05, 3.63) is 60.2 Å². The molecule has 1 amide bonds. The van der Waals surface area contributed by atoms with Crippen LogP contribution >= 0.6 is 0 Å². The molecule has 0 saturated carbocycles. The fourth-order valence-electron chi connectivity index (χ4n) is 3.20. The maximum Gasteiger partial charge on any atom is 0.224 e. The van der Waals surface area contributed by atoms with Crippen LogP contribution in [0.1, 0.15) is 24.9 Å². The maximum absolute atomic E-state index is 13.1. The summed E-state index contributed by atoms with van der Waals surface area (Å²) < 4.78 is 38.5. The first kappa shape index (κ1) is 19.4. The van der Waals surface area contributed by atoms with E-state index in [1.807, 2.05) is 12.1 Å². The van der Waals surface area contributed by atoms with Crippen LogP contribution in [-0.4, -0.2) is 49.1 Å². The average Bonchev–Trinajstić information content (AvgIpc) is 2.69. The van der Waals surface area contributed by atoms with E-state index in [1.54, 1.807) is 17.3 Å². The highest BCUT2D eigenvalue weighted by Crippen LogP contribution is 2.25. The zero-order valence-corrected chi connectivity index (χ0v) is 15.8. The van der Waals surface area contributed by atoms with Gasteiger partial charge in [0.05, 0.1) is 16.2 Å². The van der Waals surface area contributed by atoms with Gasteiger partial charge in [-0.05, 0) is 42.8 Å². The zero-order chi connectivity index (χ0) is 19.4. The molecular weight excluding hydrogens is 369 g/mol. The molecule has 2 heterocycles. The van der Waals surface area contributed by atoms with E-state index in [0.29, 0.717) is 19.6 Å². The minimum Gasteiger partial charge on any atom is -0.333 e. The Bertz CT molecular complexity index is 888. The topological polar surface area (TPSA) is 79.4 Å². The van der Waals surface area contributed by atoms with Crippen molar-refractivity contribution in [3.63, 3.8) is 0 Å². The third-order valence-corrected chi connectivity index (χ3v) is 6.92. The van der Waals surface area contributed by atoms with Gasteiger partial charge in [-0.3, -0.25) is 9.78 Å². The number of carbonyl (C=O) groups is 1. The summed E-state index contributed by atoms with van der Waals surface area (Å²) in [5, 5.41) is 2.35. The summed E-state index contributed by atoms with van der Waals surface area (Å²) >= 11 is 0. The van der Waals surface area contributed by atoms with Gasteiger partial charge >= 0.3 is 0 Å². The SMILES string of the molecule is CC(CC(=O)N1CCNCC1c1cccnc1)S(=O)(=O)c1ccc(F)cc1. The van der Waals surface area contributed by atoms with E-state index in [9.17, 15) is 17.6 Å². The molecule has 8 heteroatoms. The third kappa shape index (κ3) is 4.33. The molecule has 6 nitrogen and oxygen atoms in total. The minimum absolute atomic E-state index is 0.0216. The molecule has 0 radical (unpaired) electrons. The lowest BCUT2D eigenvalue weighted by atomic mass is 10.0. The number of hydrogen-bond donors (Lipinski definition) is 1. The highest BCUT2D eigenvalue weighted by Gasteiger charge is 2.32. The Labute approximate surface area is 158 Å². The molecule has 1 fully saturated rings. The van der Waals surface area contributed by atoms with Crippen LogP contribution in [0.2, 0.25) is 0 Å². The number of hydrogen-bond acceptors (Lipinski definition) is 5. The summed E-state index contributed by atoms with van der Waals surface area (Å²) in [7, 11) is -3.71. The van der Waals surface area contributed by atoms with E-state index in [1.165, 1.54) is 19.1 Å². The van der Waals surface area contributed by atoms with Crippen LogP contribution < -0.4 is 5.32 Å². The predicted octanol–water partition coefficient (Wildman–Crippen LogP) is 1.95. The van der Waals surface area contributed by atoms with Gasteiger partial charge in [-0.2, -0.15) is 0 Å². The van der Waals surface area contributed by atoms with Crippen LogP contribution in [0.4, 0.5) is 4.39 Å². The van der Waals surface area contributed by atoms with E-state index >= 15 is 0 Å². The Morgan fingerprint density at radius 1 is 1.33 bits per heavy atom. The van der Waals surface area contributed by atoms with Gasteiger partial charge in [0.2, 0.25) is 5.91 Å². The zero-order valence-electron chi connectivity index (χ0n) is 15.0. The van der Waals surface area contributed by atoms with Crippen molar-refractivity contribution >= 4 is 15.7 Å². The molecule has 0 bridgehead atoms. The molecule has 1 aromatic carbocycles. The van der Waals surface area contributed by atoms with Crippen molar-refractivity contribution in [1.29, 1.82) is 0 Å². The molecule has 1 aliphatic rings. The summed E-state index contributed by atoms with van der Waals surface area (Å²) in [6.45, 7) is 3.26. The lowest BCUT2D eigenvalue weighted by Gasteiger charge is -2.37. The summed E-state index contributed by atoms with van der Waals surface area (Å²) in [6, 6.07) is 8.22. The lowest BCUT2D eigenvalue weighted by Crippen LogP contribution is -2.49. The van der Waals surface area contributed by atoms with Crippen molar-refractivity contribution in [1.82, 2.24) is 15.2 Å². The number of nitrogens with one attached hydrogen (secondary N) is 1. The Hall–Kier alpha value is -2.32. The van der Waals surface area contributed by atoms with Gasteiger partial charge < -0.3 is 10.2 Å². The first-order valence-electron chi connectivity index (χ1n) is 8.79. The number of piperazine rings is 1. The largest absolute Gasteiger partial charge is 0.333 e. The monoisotopic (exact) mass is 391 g/mol. The third-order valence-electron chi connectivity index (χ3n) is 4.77. The maximum atomic E-state index is 13.1. The lowest BCUT2D eigenvalue weighted by molar-refractivity contribution is -0.134. The van der Waals surface area contributed by atoms with Gasteiger partial charge in [0.1, 0.15) is 5.82 Å². The van der Waals surface area contributed by atoms with E-state index in [0.717, 1.165) is 17.7 Å². The highest BCUT2D eigenvalue weighted by molar-refractivity contribution is 7.92. The number of nitrogens with zero attached hydrogens (tertiary/aromatic N) is 2. The van der Waals surface area contributed by atoms with Crippen LogP contribution in [0.5, 0.6) is 0 Å². The standard InChI is InChI=1S/C19H22FN3O3S/c1-14(27(25,26)17-6-4-16(20)5-7-17)11-19(24)23-10-9-22-13-18(23)15-3-2-8-21-12-15/h2-8,12,14,18,22H,9-11,13H2,1H3. The molecule has 0 aliphatic carbocycles. The van der Waals surface area contributed by atoms with E-state index in [-0.39, 0.29) is 23.3 Å². The van der Waals surface area contributed by atoms with E-state index in [4.69, 9.17) is 0 Å². The molecular formula is C19H22FN3O3S. The number of rotatable bonds is 5. The molecule has 2 atom stereocenters. The minimum atomic E-state index is -3.71. The molecule has 1 aromatic heterocycles. The summed E-state index contributed by atoms with van der Waals surface area (Å²) in [4.78, 5) is 18.7. The fraction of sp³-hybridized carbons (Fsp3) is 0.368. The van der Waals surface area contributed by atoms with Gasteiger partial charge in [-0.1, -0.05) is 6.07 Å². The molecule has 1 aliphatic heterocycles. The van der Waals surface area contributed by atoms with Gasteiger partial charge in [0.25, 0.3) is 0 Å². The van der Waals surface area contributed by atoms with E-state index in [2.05, 4.69) is 10.3 Å². The molecule has 2 aromatic rings. The summed E-state index contributed by atoms with van der Waals surface area (Å²) in [5.41, 5.74) is 0.909. The Kier molecular flexibility index (Phi) is 5.86. The summed E-state index contributed by atoms with van der Waals surface area (Å²) in [6.07, 6.45) is 3.26. The Balaban J connectivity index is 1.75. The van der Waals surface area contributed by atoms with Crippen molar-refractivity contribution in [2.75, 3.05) is 19.6 Å². The highest BCUT2D eigenvalue weighted by atomic mass is 32.2. The van der Waals surface area contributed by atoms with Gasteiger partial charge in [-0.15, -0.1) is 0 Å². The fourth-order valence-corrected chi connectivity index (χ4v) is 4.55. The van der Waals surface area contributed by atoms with Crippen LogP contribution in [0.15, 0.2) is 53.7 Å². The quantitative estimate of drug-likeness (QED) is 0.788. The molecule has 144 valence electrons. The Morgan fingerprint density at radius 3 is 2.74 bits per heavy atom. The van der Waals surface area contributed by atoms with Gasteiger partial charge in [-0.25, -0.2) is 12.8 Å². The van der Waals surface area contributed by atoms with Crippen molar-refractivity contribution < 1.29 is 17.6 Å². The molecule has 3 rings (SSSR count). The second-order valence-corrected chi connectivity index (χ2v) is 8.97. The number of amides is 1. The number of carbonyl (C=O) groups excluding carboxylic acids is 1. The van der Waals surface area contributed by atoms with Crippen molar-refractivity contribution in [2.24, 2.45) is 0 Å². The van der Waals surface area contributed by atoms with Crippen LogP contribution in [0.25, 0.3) is 0 Å². The first-order valence-corrected chi connectivity index (χ1v) is 10.3. The number of halogens is 1. The number of pyridine rings is 1. The second-order valence-electron chi connectivity index (χ2n) is 6.61. The normalized spacial score (nSPS) is 18.9. The Morgan fingerprint density at radius 2 is 2.07 bits per heavy atom. The molecule has 1 N–H and O–H groups in total. The number of aromatic nitrogens is 1. The number of sulfone groups is 1. The average molecular weight is 391 g/mol. The van der Waals surface area contributed by atoms with Crippen molar-refractivity contribution in [2.45, 2.75) is 29.5 Å². The predicted molar refractivity (Wildman–Crippen MR) is 99.2 cm³/mol.